The van der Waals surface area contributed by atoms with Crippen molar-refractivity contribution in [3.8, 4) is 0 Å². The van der Waals surface area contributed by atoms with Crippen molar-refractivity contribution in [3.63, 3.8) is 0 Å². The SMILES string of the molecule is CN(CC(=O)N1CCC(O)CC1)C(=O)c1cc2ccc(Cl)cc2[nH]1. The molecule has 0 radical (unpaired) electrons. The molecule has 0 saturated carbocycles. The Morgan fingerprint density at radius 2 is 2.04 bits per heavy atom. The van der Waals surface area contributed by atoms with Crippen LogP contribution in [0.1, 0.15) is 23.3 Å². The molecule has 1 saturated heterocycles. The third-order valence-electron chi connectivity index (χ3n) is 4.35. The largest absolute Gasteiger partial charge is 0.393 e. The van der Waals surface area contributed by atoms with Gasteiger partial charge in [0.2, 0.25) is 5.91 Å². The highest BCUT2D eigenvalue weighted by atomic mass is 35.5. The Bertz CT molecular complexity index is 766. The molecule has 0 spiro atoms. The van der Waals surface area contributed by atoms with Gasteiger partial charge in [-0.25, -0.2) is 0 Å². The van der Waals surface area contributed by atoms with Crippen LogP contribution in [0.2, 0.25) is 5.02 Å². The highest BCUT2D eigenvalue weighted by molar-refractivity contribution is 6.31. The van der Waals surface area contributed by atoms with Gasteiger partial charge >= 0.3 is 0 Å². The van der Waals surface area contributed by atoms with Crippen molar-refractivity contribution in [2.45, 2.75) is 18.9 Å². The fraction of sp³-hybridized carbons (Fsp3) is 0.412. The van der Waals surface area contributed by atoms with Crippen LogP contribution in [0.4, 0.5) is 0 Å². The number of carbonyl (C=O) groups excluding carboxylic acids is 2. The number of benzene rings is 1. The van der Waals surface area contributed by atoms with Crippen LogP contribution in [0.5, 0.6) is 0 Å². The molecule has 1 aliphatic rings. The molecule has 0 aliphatic carbocycles. The number of halogens is 1. The van der Waals surface area contributed by atoms with Crippen LogP contribution in [-0.2, 0) is 4.79 Å². The van der Waals surface area contributed by atoms with Crippen LogP contribution in [0.3, 0.4) is 0 Å². The van der Waals surface area contributed by atoms with Crippen LogP contribution in [0, 0.1) is 0 Å². The fourth-order valence-corrected chi connectivity index (χ4v) is 3.08. The van der Waals surface area contributed by atoms with E-state index in [0.717, 1.165) is 10.9 Å². The first-order valence-electron chi connectivity index (χ1n) is 7.93. The summed E-state index contributed by atoms with van der Waals surface area (Å²) >= 11 is 5.95. The molecule has 2 aromatic rings. The minimum atomic E-state index is -0.327. The Morgan fingerprint density at radius 3 is 2.75 bits per heavy atom. The van der Waals surface area contributed by atoms with Gasteiger partial charge in [0.1, 0.15) is 5.69 Å². The molecule has 7 heteroatoms. The molecule has 2 heterocycles. The van der Waals surface area contributed by atoms with E-state index in [4.69, 9.17) is 11.6 Å². The van der Waals surface area contributed by atoms with Gasteiger partial charge in [0.25, 0.3) is 5.91 Å². The van der Waals surface area contributed by atoms with Crippen molar-refractivity contribution in [3.05, 3.63) is 35.0 Å². The summed E-state index contributed by atoms with van der Waals surface area (Å²) in [5.41, 5.74) is 1.22. The minimum Gasteiger partial charge on any atom is -0.393 e. The molecule has 1 aromatic carbocycles. The number of aliphatic hydroxyl groups excluding tert-OH is 1. The zero-order chi connectivity index (χ0) is 17.3. The lowest BCUT2D eigenvalue weighted by molar-refractivity contribution is -0.133. The second kappa shape index (κ2) is 6.83. The van der Waals surface area contributed by atoms with Gasteiger partial charge < -0.3 is 19.9 Å². The number of fused-ring (bicyclic) bond motifs is 1. The smallest absolute Gasteiger partial charge is 0.270 e. The zero-order valence-corrected chi connectivity index (χ0v) is 14.2. The normalized spacial score (nSPS) is 15.7. The molecule has 2 amide bonds. The highest BCUT2D eigenvalue weighted by Crippen LogP contribution is 2.20. The maximum atomic E-state index is 12.5. The molecule has 6 nitrogen and oxygen atoms in total. The Kier molecular flexibility index (Phi) is 4.78. The molecular weight excluding hydrogens is 330 g/mol. The molecule has 2 N–H and O–H groups in total. The number of aliphatic hydroxyl groups is 1. The van der Waals surface area contributed by atoms with E-state index < -0.39 is 0 Å². The van der Waals surface area contributed by atoms with E-state index in [-0.39, 0.29) is 24.5 Å². The first-order chi connectivity index (χ1) is 11.4. The van der Waals surface area contributed by atoms with Crippen molar-refractivity contribution in [2.75, 3.05) is 26.7 Å². The summed E-state index contributed by atoms with van der Waals surface area (Å²) in [4.78, 5) is 31.0. The number of hydrogen-bond donors (Lipinski definition) is 2. The van der Waals surface area contributed by atoms with Gasteiger partial charge in [-0.15, -0.1) is 0 Å². The molecule has 3 rings (SSSR count). The van der Waals surface area contributed by atoms with Gasteiger partial charge in [-0.3, -0.25) is 9.59 Å². The summed E-state index contributed by atoms with van der Waals surface area (Å²) in [5, 5.41) is 11.0. The molecule has 24 heavy (non-hydrogen) atoms. The predicted octanol–water partition coefficient (Wildman–Crippen LogP) is 1.88. The van der Waals surface area contributed by atoms with Gasteiger partial charge in [0.15, 0.2) is 0 Å². The van der Waals surface area contributed by atoms with Crippen LogP contribution in [0.25, 0.3) is 10.9 Å². The number of aromatic amines is 1. The summed E-state index contributed by atoms with van der Waals surface area (Å²) in [6.07, 6.45) is 0.852. The Balaban J connectivity index is 1.66. The summed E-state index contributed by atoms with van der Waals surface area (Å²) in [6.45, 7) is 1.09. The minimum absolute atomic E-state index is 0.0189. The number of H-pyrrole nitrogens is 1. The summed E-state index contributed by atoms with van der Waals surface area (Å²) in [6, 6.07) is 7.13. The lowest BCUT2D eigenvalue weighted by Crippen LogP contribution is -2.45. The van der Waals surface area contributed by atoms with Crippen molar-refractivity contribution in [2.24, 2.45) is 0 Å². The number of amides is 2. The Hall–Kier alpha value is -2.05. The van der Waals surface area contributed by atoms with Crippen molar-refractivity contribution >= 4 is 34.3 Å². The lowest BCUT2D eigenvalue weighted by Gasteiger charge is -2.31. The van der Waals surface area contributed by atoms with Gasteiger partial charge in [-0.1, -0.05) is 17.7 Å². The van der Waals surface area contributed by atoms with Crippen LogP contribution in [-0.4, -0.2) is 64.5 Å². The number of likely N-dealkylation sites (N-methyl/N-ethyl adjacent to an activating group) is 1. The quantitative estimate of drug-likeness (QED) is 0.888. The average Bonchev–Trinajstić information content (AvgIpc) is 2.97. The number of piperidine rings is 1. The van der Waals surface area contributed by atoms with E-state index in [1.54, 1.807) is 30.1 Å². The van der Waals surface area contributed by atoms with Gasteiger partial charge in [-0.2, -0.15) is 0 Å². The molecule has 1 aliphatic heterocycles. The van der Waals surface area contributed by atoms with E-state index >= 15 is 0 Å². The number of nitrogens with zero attached hydrogens (tertiary/aromatic N) is 2. The molecule has 128 valence electrons. The van der Waals surface area contributed by atoms with E-state index in [9.17, 15) is 14.7 Å². The Morgan fingerprint density at radius 1 is 1.33 bits per heavy atom. The van der Waals surface area contributed by atoms with Gasteiger partial charge in [0, 0.05) is 36.1 Å². The molecule has 0 bridgehead atoms. The standard InChI is InChI=1S/C17H20ClN3O3/c1-20(10-16(23)21-6-4-13(22)5-7-21)17(24)15-8-11-2-3-12(18)9-14(11)19-15/h2-3,8-9,13,19,22H,4-7,10H2,1H3. The summed E-state index contributed by atoms with van der Waals surface area (Å²) in [5.74, 6) is -0.343. The topological polar surface area (TPSA) is 76.6 Å². The summed E-state index contributed by atoms with van der Waals surface area (Å²) in [7, 11) is 1.61. The first kappa shape index (κ1) is 16.8. The van der Waals surface area contributed by atoms with E-state index in [1.807, 2.05) is 6.07 Å². The number of rotatable bonds is 3. The third kappa shape index (κ3) is 3.55. The third-order valence-corrected chi connectivity index (χ3v) is 4.59. The lowest BCUT2D eigenvalue weighted by atomic mass is 10.1. The van der Waals surface area contributed by atoms with Gasteiger partial charge in [0.05, 0.1) is 12.6 Å². The fourth-order valence-electron chi connectivity index (χ4n) is 2.91. The molecule has 0 unspecified atom stereocenters. The van der Waals surface area contributed by atoms with Crippen molar-refractivity contribution in [1.29, 1.82) is 0 Å². The second-order valence-corrected chi connectivity index (χ2v) is 6.62. The number of nitrogens with one attached hydrogen (secondary N) is 1. The predicted molar refractivity (Wildman–Crippen MR) is 92.1 cm³/mol. The summed E-state index contributed by atoms with van der Waals surface area (Å²) < 4.78 is 0. The number of hydrogen-bond acceptors (Lipinski definition) is 3. The van der Waals surface area contributed by atoms with E-state index in [0.29, 0.717) is 36.6 Å². The van der Waals surface area contributed by atoms with Crippen LogP contribution < -0.4 is 0 Å². The molecule has 1 fully saturated rings. The van der Waals surface area contributed by atoms with Crippen molar-refractivity contribution < 1.29 is 14.7 Å². The monoisotopic (exact) mass is 349 g/mol. The number of aromatic nitrogens is 1. The average molecular weight is 350 g/mol. The molecular formula is C17H20ClN3O3. The van der Waals surface area contributed by atoms with Gasteiger partial charge in [-0.05, 0) is 31.0 Å². The second-order valence-electron chi connectivity index (χ2n) is 6.19. The van der Waals surface area contributed by atoms with Crippen molar-refractivity contribution in [1.82, 2.24) is 14.8 Å². The number of carbonyl (C=O) groups is 2. The van der Waals surface area contributed by atoms with E-state index in [1.165, 1.54) is 4.90 Å². The molecule has 1 aromatic heterocycles. The molecule has 0 atom stereocenters. The van der Waals surface area contributed by atoms with Crippen LogP contribution >= 0.6 is 11.6 Å². The van der Waals surface area contributed by atoms with E-state index in [2.05, 4.69) is 4.98 Å². The maximum Gasteiger partial charge on any atom is 0.270 e. The zero-order valence-electron chi connectivity index (χ0n) is 13.5. The number of likely N-dealkylation sites (tertiary alicyclic amines) is 1. The highest BCUT2D eigenvalue weighted by Gasteiger charge is 2.24. The Labute approximate surface area is 145 Å². The van der Waals surface area contributed by atoms with Crippen LogP contribution in [0.15, 0.2) is 24.3 Å². The first-order valence-corrected chi connectivity index (χ1v) is 8.31. The maximum absolute atomic E-state index is 12.5.